The third-order valence-electron chi connectivity index (χ3n) is 4.95. The molecular formula is C21H23F3N4O4. The number of anilines is 2. The zero-order chi connectivity index (χ0) is 23.3. The second-order valence-corrected chi connectivity index (χ2v) is 7.33. The molecule has 2 aromatic rings. The van der Waals surface area contributed by atoms with Crippen molar-refractivity contribution in [2.75, 3.05) is 50.1 Å². The van der Waals surface area contributed by atoms with Gasteiger partial charge in [0.25, 0.3) is 5.56 Å². The molecule has 1 N–H and O–H groups in total. The summed E-state index contributed by atoms with van der Waals surface area (Å²) in [6.07, 6.45) is -4.05. The van der Waals surface area contributed by atoms with E-state index >= 15 is 0 Å². The molecule has 3 rings (SSSR count). The molecule has 1 saturated heterocycles. The molecule has 2 heterocycles. The summed E-state index contributed by atoms with van der Waals surface area (Å²) in [6.45, 7) is 1.95. The van der Waals surface area contributed by atoms with Gasteiger partial charge in [0.05, 0.1) is 25.3 Å². The first-order valence-corrected chi connectivity index (χ1v) is 9.88. The van der Waals surface area contributed by atoms with E-state index in [1.807, 2.05) is 12.1 Å². The average Bonchev–Trinajstić information content (AvgIpc) is 2.75. The zero-order valence-electron chi connectivity index (χ0n) is 17.4. The van der Waals surface area contributed by atoms with Gasteiger partial charge in [0.2, 0.25) is 11.8 Å². The molecular weight excluding hydrogens is 429 g/mol. The summed E-state index contributed by atoms with van der Waals surface area (Å²) in [5.74, 6) is -1.15. The molecule has 1 fully saturated rings. The van der Waals surface area contributed by atoms with Crippen molar-refractivity contribution in [3.63, 3.8) is 0 Å². The van der Waals surface area contributed by atoms with E-state index in [9.17, 15) is 27.6 Å². The van der Waals surface area contributed by atoms with E-state index in [1.54, 1.807) is 12.1 Å². The molecule has 0 unspecified atom stereocenters. The highest BCUT2D eigenvalue weighted by molar-refractivity contribution is 5.94. The quantitative estimate of drug-likeness (QED) is 0.723. The summed E-state index contributed by atoms with van der Waals surface area (Å²) in [5.41, 5.74) is -0.234. The predicted molar refractivity (Wildman–Crippen MR) is 111 cm³/mol. The molecule has 172 valence electrons. The number of pyridine rings is 1. The molecule has 0 bridgehead atoms. The molecule has 32 heavy (non-hydrogen) atoms. The number of nitrogens with one attached hydrogen (secondary N) is 1. The monoisotopic (exact) mass is 452 g/mol. The minimum atomic E-state index is -4.64. The van der Waals surface area contributed by atoms with E-state index in [0.717, 1.165) is 29.7 Å². The lowest BCUT2D eigenvalue weighted by molar-refractivity contribution is -0.138. The molecule has 0 radical (unpaired) electrons. The van der Waals surface area contributed by atoms with Crippen molar-refractivity contribution in [3.05, 3.63) is 58.5 Å². The third-order valence-corrected chi connectivity index (χ3v) is 4.95. The van der Waals surface area contributed by atoms with Gasteiger partial charge < -0.3 is 24.4 Å². The van der Waals surface area contributed by atoms with E-state index in [0.29, 0.717) is 35.7 Å². The largest absolute Gasteiger partial charge is 0.417 e. The second-order valence-electron chi connectivity index (χ2n) is 7.33. The number of likely N-dealkylation sites (N-methyl/N-ethyl adjacent to an activating group) is 1. The van der Waals surface area contributed by atoms with Crippen LogP contribution in [0.25, 0.3) is 0 Å². The summed E-state index contributed by atoms with van der Waals surface area (Å²) < 4.78 is 44.5. The van der Waals surface area contributed by atoms with Crippen LogP contribution in [0.1, 0.15) is 5.56 Å². The fraction of sp³-hybridized carbons (Fsp3) is 0.381. The summed E-state index contributed by atoms with van der Waals surface area (Å²) in [6, 6.07) is 8.64. The molecule has 0 aliphatic carbocycles. The number of aromatic nitrogens is 1. The van der Waals surface area contributed by atoms with Gasteiger partial charge in [-0.1, -0.05) is 0 Å². The van der Waals surface area contributed by atoms with Gasteiger partial charge in [0.15, 0.2) is 0 Å². The Hall–Kier alpha value is -3.34. The van der Waals surface area contributed by atoms with E-state index in [1.165, 1.54) is 7.05 Å². The van der Waals surface area contributed by atoms with E-state index in [2.05, 4.69) is 10.2 Å². The highest BCUT2D eigenvalue weighted by atomic mass is 19.4. The summed E-state index contributed by atoms with van der Waals surface area (Å²) in [4.78, 5) is 39.6. The Balaban J connectivity index is 1.55. The molecule has 1 aliphatic heterocycles. The van der Waals surface area contributed by atoms with Gasteiger partial charge in [0.1, 0.15) is 6.54 Å². The zero-order valence-corrected chi connectivity index (χ0v) is 17.4. The number of hydrogen-bond acceptors (Lipinski definition) is 5. The second kappa shape index (κ2) is 9.86. The summed E-state index contributed by atoms with van der Waals surface area (Å²) in [7, 11) is 1.34. The molecule has 1 aliphatic rings. The third kappa shape index (κ3) is 6.10. The molecule has 8 nitrogen and oxygen atoms in total. The van der Waals surface area contributed by atoms with Gasteiger partial charge in [-0.25, -0.2) is 0 Å². The first kappa shape index (κ1) is 23.3. The topological polar surface area (TPSA) is 83.9 Å². The molecule has 1 aromatic carbocycles. The van der Waals surface area contributed by atoms with Crippen LogP contribution < -0.4 is 15.8 Å². The Morgan fingerprint density at radius 3 is 2.38 bits per heavy atom. The van der Waals surface area contributed by atoms with Gasteiger partial charge in [-0.2, -0.15) is 13.2 Å². The van der Waals surface area contributed by atoms with Gasteiger partial charge in [0, 0.05) is 43.8 Å². The fourth-order valence-corrected chi connectivity index (χ4v) is 3.17. The highest BCUT2D eigenvalue weighted by Crippen LogP contribution is 2.28. The van der Waals surface area contributed by atoms with Crippen molar-refractivity contribution < 1.29 is 27.5 Å². The Kier molecular flexibility index (Phi) is 7.18. The number of rotatable bonds is 6. The maximum Gasteiger partial charge on any atom is 0.417 e. The van der Waals surface area contributed by atoms with Crippen molar-refractivity contribution in [2.24, 2.45) is 0 Å². The Labute approximate surface area is 182 Å². The Morgan fingerprint density at radius 2 is 1.75 bits per heavy atom. The van der Waals surface area contributed by atoms with Crippen molar-refractivity contribution in [2.45, 2.75) is 12.7 Å². The van der Waals surface area contributed by atoms with Gasteiger partial charge >= 0.3 is 6.18 Å². The number of carbonyl (C=O) groups is 2. The molecule has 0 saturated carbocycles. The SMILES string of the molecule is CN(CC(=O)Nc1ccc(N2CCOCC2)cc1)C(=O)Cn1cc(C(F)(F)F)ccc1=O. The fourth-order valence-electron chi connectivity index (χ4n) is 3.17. The smallest absolute Gasteiger partial charge is 0.378 e. The Morgan fingerprint density at radius 1 is 1.09 bits per heavy atom. The number of nitrogens with zero attached hydrogens (tertiary/aromatic N) is 3. The minimum absolute atomic E-state index is 0.322. The van der Waals surface area contributed by atoms with E-state index in [4.69, 9.17) is 4.74 Å². The first-order chi connectivity index (χ1) is 15.1. The van der Waals surface area contributed by atoms with Gasteiger partial charge in [-0.15, -0.1) is 0 Å². The molecule has 11 heteroatoms. The standard InChI is InChI=1S/C21H23F3N4O4/c1-26(20(31)14-28-12-15(21(22,23)24)2-7-19(28)30)13-18(29)25-16-3-5-17(6-4-16)27-8-10-32-11-9-27/h2-7,12H,8-11,13-14H2,1H3,(H,25,29). The van der Waals surface area contributed by atoms with Gasteiger partial charge in [-0.05, 0) is 30.3 Å². The van der Waals surface area contributed by atoms with Crippen LogP contribution in [0, 0.1) is 0 Å². The normalized spacial score (nSPS) is 14.2. The molecule has 1 aromatic heterocycles. The van der Waals surface area contributed by atoms with Crippen molar-refractivity contribution in [1.82, 2.24) is 9.47 Å². The number of morpholine rings is 1. The van der Waals surface area contributed by atoms with Gasteiger partial charge in [-0.3, -0.25) is 14.4 Å². The summed E-state index contributed by atoms with van der Waals surface area (Å²) >= 11 is 0. The maximum absolute atomic E-state index is 12.8. The first-order valence-electron chi connectivity index (χ1n) is 9.88. The van der Waals surface area contributed by atoms with Crippen LogP contribution in [0.4, 0.5) is 24.5 Å². The minimum Gasteiger partial charge on any atom is -0.378 e. The van der Waals surface area contributed by atoms with Crippen molar-refractivity contribution in [3.8, 4) is 0 Å². The molecule has 0 spiro atoms. The summed E-state index contributed by atoms with van der Waals surface area (Å²) in [5, 5.41) is 2.67. The van der Waals surface area contributed by atoms with Crippen LogP contribution in [0.3, 0.4) is 0 Å². The number of alkyl halides is 3. The molecule has 2 amide bonds. The number of carbonyl (C=O) groups excluding carboxylic acids is 2. The van der Waals surface area contributed by atoms with Crippen LogP contribution in [-0.4, -0.2) is 61.2 Å². The average molecular weight is 452 g/mol. The van der Waals surface area contributed by atoms with Crippen LogP contribution in [0.2, 0.25) is 0 Å². The van der Waals surface area contributed by atoms with Crippen LogP contribution >= 0.6 is 0 Å². The number of halogens is 3. The van der Waals surface area contributed by atoms with Crippen molar-refractivity contribution >= 4 is 23.2 Å². The Bertz CT molecular complexity index is 1010. The lowest BCUT2D eigenvalue weighted by atomic mass is 10.2. The van der Waals surface area contributed by atoms with E-state index in [-0.39, 0.29) is 6.54 Å². The lowest BCUT2D eigenvalue weighted by Gasteiger charge is -2.28. The van der Waals surface area contributed by atoms with Crippen LogP contribution in [0.15, 0.2) is 47.4 Å². The highest BCUT2D eigenvalue weighted by Gasteiger charge is 2.31. The number of benzene rings is 1. The lowest BCUT2D eigenvalue weighted by Crippen LogP contribution is -2.38. The predicted octanol–water partition coefficient (Wildman–Crippen LogP) is 1.80. The number of amides is 2. The van der Waals surface area contributed by atoms with Crippen LogP contribution in [0.5, 0.6) is 0 Å². The number of ether oxygens (including phenoxy) is 1. The van der Waals surface area contributed by atoms with Crippen LogP contribution in [-0.2, 0) is 27.0 Å². The maximum atomic E-state index is 12.8. The van der Waals surface area contributed by atoms with Crippen molar-refractivity contribution in [1.29, 1.82) is 0 Å². The molecule has 0 atom stereocenters. The van der Waals surface area contributed by atoms with E-state index < -0.39 is 35.7 Å². The number of hydrogen-bond donors (Lipinski definition) is 1.